The van der Waals surface area contributed by atoms with Gasteiger partial charge < -0.3 is 9.64 Å². The minimum absolute atomic E-state index is 0.0775. The van der Waals surface area contributed by atoms with Crippen molar-refractivity contribution < 1.29 is 24.0 Å². The summed E-state index contributed by atoms with van der Waals surface area (Å²) in [4.78, 5) is 42.8. The van der Waals surface area contributed by atoms with Crippen molar-refractivity contribution in [1.82, 2.24) is 10.2 Å². The van der Waals surface area contributed by atoms with Crippen LogP contribution in [0.25, 0.3) is 0 Å². The number of rotatable bonds is 7. The summed E-state index contributed by atoms with van der Waals surface area (Å²) in [5.74, 6) is -1.60. The van der Waals surface area contributed by atoms with E-state index in [9.17, 15) is 14.4 Å². The first-order valence-corrected chi connectivity index (χ1v) is 8.00. The van der Waals surface area contributed by atoms with E-state index in [2.05, 4.69) is 10.3 Å². The number of nitrogens with one attached hydrogen (secondary N) is 2. The topological polar surface area (TPSA) is 92.5 Å². The summed E-state index contributed by atoms with van der Waals surface area (Å²) in [6, 6.07) is 6.30. The minimum Gasteiger partial charge on any atom is -0.497 e. The van der Waals surface area contributed by atoms with Gasteiger partial charge in [0.1, 0.15) is 5.75 Å². The molecule has 8 nitrogen and oxygen atoms in total. The van der Waals surface area contributed by atoms with Gasteiger partial charge in [0.15, 0.2) is 5.92 Å². The Labute approximate surface area is 146 Å². The van der Waals surface area contributed by atoms with Gasteiger partial charge in [-0.3, -0.25) is 24.8 Å². The molecule has 25 heavy (non-hydrogen) atoms. The molecule has 1 aliphatic rings. The van der Waals surface area contributed by atoms with Crippen LogP contribution in [0.15, 0.2) is 29.3 Å². The van der Waals surface area contributed by atoms with Crippen molar-refractivity contribution in [2.75, 3.05) is 34.3 Å². The Morgan fingerprint density at radius 1 is 1.24 bits per heavy atom. The van der Waals surface area contributed by atoms with Gasteiger partial charge in [-0.1, -0.05) is 12.1 Å². The summed E-state index contributed by atoms with van der Waals surface area (Å²) < 4.78 is 5.08. The van der Waals surface area contributed by atoms with Crippen LogP contribution in [-0.2, 0) is 16.1 Å². The third-order valence-corrected chi connectivity index (χ3v) is 3.78. The van der Waals surface area contributed by atoms with E-state index in [1.54, 1.807) is 31.4 Å². The second kappa shape index (κ2) is 8.39. The largest absolute Gasteiger partial charge is 0.497 e. The lowest BCUT2D eigenvalue weighted by Crippen LogP contribution is -3.06. The number of amides is 4. The zero-order chi connectivity index (χ0) is 18.4. The summed E-state index contributed by atoms with van der Waals surface area (Å²) >= 11 is 0. The van der Waals surface area contributed by atoms with Crippen molar-refractivity contribution in [2.45, 2.75) is 6.54 Å². The van der Waals surface area contributed by atoms with E-state index in [1.165, 1.54) is 11.1 Å². The monoisotopic (exact) mass is 347 g/mol. The highest BCUT2D eigenvalue weighted by atomic mass is 16.5. The van der Waals surface area contributed by atoms with Crippen LogP contribution in [0, 0.1) is 5.92 Å². The number of barbiturate groups is 1. The minimum atomic E-state index is -1.08. The number of quaternary nitrogens is 1. The summed E-state index contributed by atoms with van der Waals surface area (Å²) in [5.41, 5.74) is 0.755. The zero-order valence-corrected chi connectivity index (χ0v) is 14.6. The van der Waals surface area contributed by atoms with Crippen LogP contribution in [0.4, 0.5) is 4.79 Å². The van der Waals surface area contributed by atoms with Crippen LogP contribution in [0.1, 0.15) is 5.56 Å². The average Bonchev–Trinajstić information content (AvgIpc) is 2.58. The number of hydrogen-bond acceptors (Lipinski definition) is 5. The number of hydrogen-bond donors (Lipinski definition) is 2. The van der Waals surface area contributed by atoms with Crippen molar-refractivity contribution in [1.29, 1.82) is 0 Å². The van der Waals surface area contributed by atoms with Gasteiger partial charge in [0.05, 0.1) is 40.8 Å². The van der Waals surface area contributed by atoms with Crippen LogP contribution in [0.3, 0.4) is 0 Å². The van der Waals surface area contributed by atoms with Gasteiger partial charge in [-0.05, 0) is 17.7 Å². The quantitative estimate of drug-likeness (QED) is 0.494. The van der Waals surface area contributed by atoms with E-state index < -0.39 is 23.8 Å². The molecule has 1 heterocycles. The number of urea groups is 1. The van der Waals surface area contributed by atoms with Crippen molar-refractivity contribution >= 4 is 24.1 Å². The van der Waals surface area contributed by atoms with Gasteiger partial charge in [-0.15, -0.1) is 0 Å². The molecule has 1 fully saturated rings. The fourth-order valence-electron chi connectivity index (χ4n) is 2.29. The Balaban J connectivity index is 2.07. The molecule has 1 aromatic rings. The molecule has 0 spiro atoms. The van der Waals surface area contributed by atoms with Crippen molar-refractivity contribution in [3.63, 3.8) is 0 Å². The van der Waals surface area contributed by atoms with Gasteiger partial charge in [-0.2, -0.15) is 0 Å². The highest BCUT2D eigenvalue weighted by molar-refractivity contribution is 6.23. The standard InChI is InChI=1S/C17H22N4O4/c1-20(2)9-8-18-10-14-15(22)19-17(24)21(16(14)23)11-12-4-6-13(25-3)7-5-12/h4-7,10,14H,8-9,11H2,1-3H3,(H,19,22,24)/p+1. The fourth-order valence-corrected chi connectivity index (χ4v) is 2.29. The van der Waals surface area contributed by atoms with Gasteiger partial charge in [-0.25, -0.2) is 4.79 Å². The molecule has 1 aromatic carbocycles. The number of imide groups is 2. The fraction of sp³-hybridized carbons (Fsp3) is 0.412. The lowest BCUT2D eigenvalue weighted by molar-refractivity contribution is -0.856. The first-order chi connectivity index (χ1) is 11.9. The Hall–Kier alpha value is -2.74. The van der Waals surface area contributed by atoms with E-state index in [4.69, 9.17) is 4.74 Å². The molecule has 2 N–H and O–H groups in total. The Morgan fingerprint density at radius 3 is 2.52 bits per heavy atom. The van der Waals surface area contributed by atoms with Gasteiger partial charge >= 0.3 is 6.03 Å². The van der Waals surface area contributed by atoms with Crippen LogP contribution >= 0.6 is 0 Å². The number of carbonyl (C=O) groups is 3. The first-order valence-electron chi connectivity index (χ1n) is 8.00. The summed E-state index contributed by atoms with van der Waals surface area (Å²) in [5, 5.41) is 2.21. The van der Waals surface area contributed by atoms with Crippen LogP contribution in [0.5, 0.6) is 5.75 Å². The van der Waals surface area contributed by atoms with Crippen LogP contribution < -0.4 is 15.0 Å². The second-order valence-corrected chi connectivity index (χ2v) is 6.06. The number of likely N-dealkylation sites (N-methyl/N-ethyl adjacent to an activating group) is 1. The number of carbonyl (C=O) groups excluding carboxylic acids is 3. The molecular formula is C17H23N4O4+. The molecule has 8 heteroatoms. The Morgan fingerprint density at radius 2 is 1.92 bits per heavy atom. The molecule has 1 atom stereocenters. The molecule has 1 aliphatic heterocycles. The van der Waals surface area contributed by atoms with Crippen molar-refractivity contribution in [3.05, 3.63) is 29.8 Å². The normalized spacial score (nSPS) is 18.2. The summed E-state index contributed by atoms with van der Waals surface area (Å²) in [7, 11) is 5.54. The van der Waals surface area contributed by atoms with E-state index >= 15 is 0 Å². The van der Waals surface area contributed by atoms with E-state index in [-0.39, 0.29) is 6.54 Å². The molecule has 2 rings (SSSR count). The lowest BCUT2D eigenvalue weighted by Gasteiger charge is -2.28. The lowest BCUT2D eigenvalue weighted by atomic mass is 10.1. The zero-order valence-electron chi connectivity index (χ0n) is 14.6. The predicted octanol–water partition coefficient (Wildman–Crippen LogP) is -0.895. The van der Waals surface area contributed by atoms with Gasteiger partial charge in [0.25, 0.3) is 0 Å². The van der Waals surface area contributed by atoms with E-state index in [1.807, 2.05) is 14.1 Å². The molecule has 0 radical (unpaired) electrons. The maximum Gasteiger partial charge on any atom is 0.331 e. The number of aliphatic imine (C=N–C) groups is 1. The maximum absolute atomic E-state index is 12.5. The number of ether oxygens (including phenoxy) is 1. The number of nitrogens with zero attached hydrogens (tertiary/aromatic N) is 2. The molecule has 1 unspecified atom stereocenters. The molecule has 0 saturated carbocycles. The molecule has 0 aromatic heterocycles. The van der Waals surface area contributed by atoms with Gasteiger partial charge in [0, 0.05) is 6.21 Å². The summed E-state index contributed by atoms with van der Waals surface area (Å²) in [6.45, 7) is 1.37. The molecule has 0 bridgehead atoms. The number of benzene rings is 1. The third-order valence-electron chi connectivity index (χ3n) is 3.78. The van der Waals surface area contributed by atoms with Crippen LogP contribution in [-0.4, -0.2) is 63.3 Å². The Kier molecular flexibility index (Phi) is 6.24. The second-order valence-electron chi connectivity index (χ2n) is 6.06. The molecular weight excluding hydrogens is 324 g/mol. The van der Waals surface area contributed by atoms with Crippen molar-refractivity contribution in [2.24, 2.45) is 10.9 Å². The van der Waals surface area contributed by atoms with E-state index in [0.29, 0.717) is 12.3 Å². The molecule has 4 amide bonds. The number of methoxy groups -OCH3 is 1. The van der Waals surface area contributed by atoms with Crippen LogP contribution in [0.2, 0.25) is 0 Å². The summed E-state index contributed by atoms with van der Waals surface area (Å²) in [6.07, 6.45) is 1.33. The predicted molar refractivity (Wildman–Crippen MR) is 91.6 cm³/mol. The molecule has 134 valence electrons. The highest BCUT2D eigenvalue weighted by Gasteiger charge is 2.39. The first kappa shape index (κ1) is 18.6. The Bertz CT molecular complexity index is 670. The van der Waals surface area contributed by atoms with Crippen molar-refractivity contribution in [3.8, 4) is 5.75 Å². The molecule has 1 saturated heterocycles. The molecule has 0 aliphatic carbocycles. The van der Waals surface area contributed by atoms with Gasteiger partial charge in [0.2, 0.25) is 11.8 Å². The smallest absolute Gasteiger partial charge is 0.331 e. The highest BCUT2D eigenvalue weighted by Crippen LogP contribution is 2.16. The van der Waals surface area contributed by atoms with E-state index in [0.717, 1.165) is 17.0 Å². The third kappa shape index (κ3) is 4.87. The SMILES string of the molecule is COc1ccc(CN2C(=O)NC(=O)C(C=NCC[NH+](C)C)C2=O)cc1. The maximum atomic E-state index is 12.5. The average molecular weight is 347 g/mol.